The lowest BCUT2D eigenvalue weighted by atomic mass is 10.0. The summed E-state index contributed by atoms with van der Waals surface area (Å²) < 4.78 is 38.8. The third-order valence-corrected chi connectivity index (χ3v) is 6.06. The average Bonchev–Trinajstić information content (AvgIpc) is 3.45. The summed E-state index contributed by atoms with van der Waals surface area (Å²) >= 11 is 0. The molecule has 1 aromatic carbocycles. The first-order chi connectivity index (χ1) is 12.5. The highest BCUT2D eigenvalue weighted by Crippen LogP contribution is 2.33. The van der Waals surface area contributed by atoms with Gasteiger partial charge in [0.15, 0.2) is 0 Å². The lowest BCUT2D eigenvalue weighted by Gasteiger charge is -2.44. The van der Waals surface area contributed by atoms with E-state index in [1.54, 1.807) is 6.07 Å². The minimum Gasteiger partial charge on any atom is -0.369 e. The number of piperidine rings is 1. The number of nitrogens with zero attached hydrogens (tertiary/aromatic N) is 3. The van der Waals surface area contributed by atoms with Gasteiger partial charge in [0.2, 0.25) is 0 Å². The van der Waals surface area contributed by atoms with Crippen molar-refractivity contribution < 1.29 is 13.2 Å². The molecule has 1 aromatic rings. The summed E-state index contributed by atoms with van der Waals surface area (Å²) in [6.07, 6.45) is 1.05. The number of hydrogen-bond acceptors (Lipinski definition) is 3. The monoisotopic (exact) mass is 367 g/mol. The highest BCUT2D eigenvalue weighted by atomic mass is 19.4. The van der Waals surface area contributed by atoms with Crippen molar-refractivity contribution in [3.8, 4) is 0 Å². The molecule has 0 spiro atoms. The molecule has 2 aliphatic heterocycles. The Hall–Kier alpha value is -1.27. The quantitative estimate of drug-likeness (QED) is 0.803. The molecule has 0 aromatic heterocycles. The molecule has 144 valence electrons. The molecule has 1 saturated carbocycles. The molecule has 1 atom stereocenters. The van der Waals surface area contributed by atoms with Gasteiger partial charge in [-0.2, -0.15) is 13.2 Å². The van der Waals surface area contributed by atoms with Gasteiger partial charge in [0, 0.05) is 51.0 Å². The number of rotatable bonds is 4. The van der Waals surface area contributed by atoms with Crippen molar-refractivity contribution in [1.29, 1.82) is 0 Å². The minimum absolute atomic E-state index is 0.555. The van der Waals surface area contributed by atoms with E-state index in [-0.39, 0.29) is 0 Å². The molecule has 0 N–H and O–H groups in total. The first-order valence-corrected chi connectivity index (χ1v) is 9.87. The van der Waals surface area contributed by atoms with Gasteiger partial charge in [-0.15, -0.1) is 0 Å². The Morgan fingerprint density at radius 2 is 1.73 bits per heavy atom. The maximum atomic E-state index is 12.9. The number of hydrogen-bond donors (Lipinski definition) is 0. The maximum absolute atomic E-state index is 12.9. The first-order valence-electron chi connectivity index (χ1n) is 9.87. The fraction of sp³-hybridized carbons (Fsp3) is 0.700. The highest BCUT2D eigenvalue weighted by Gasteiger charge is 2.33. The Balaban J connectivity index is 1.32. The predicted octanol–water partition coefficient (Wildman–Crippen LogP) is 3.70. The number of benzene rings is 1. The largest absolute Gasteiger partial charge is 0.416 e. The van der Waals surface area contributed by atoms with E-state index < -0.39 is 11.7 Å². The average molecular weight is 367 g/mol. The number of anilines is 1. The van der Waals surface area contributed by atoms with E-state index in [0.717, 1.165) is 38.2 Å². The van der Waals surface area contributed by atoms with Crippen molar-refractivity contribution in [3.63, 3.8) is 0 Å². The summed E-state index contributed by atoms with van der Waals surface area (Å²) in [5.74, 6) is 0.937. The lowest BCUT2D eigenvalue weighted by Crippen LogP contribution is -2.55. The highest BCUT2D eigenvalue weighted by molar-refractivity contribution is 5.49. The molecule has 0 bridgehead atoms. The van der Waals surface area contributed by atoms with Crippen molar-refractivity contribution in [2.24, 2.45) is 5.92 Å². The van der Waals surface area contributed by atoms with Crippen LogP contribution < -0.4 is 4.90 Å². The van der Waals surface area contributed by atoms with Crippen LogP contribution in [0.1, 0.15) is 31.2 Å². The van der Waals surface area contributed by atoms with Crippen LogP contribution in [0.15, 0.2) is 24.3 Å². The smallest absolute Gasteiger partial charge is 0.369 e. The fourth-order valence-corrected chi connectivity index (χ4v) is 4.38. The molecule has 6 heteroatoms. The van der Waals surface area contributed by atoms with Gasteiger partial charge in [0.05, 0.1) is 5.56 Å². The molecule has 4 rings (SSSR count). The zero-order chi connectivity index (χ0) is 18.1. The Morgan fingerprint density at radius 3 is 2.42 bits per heavy atom. The zero-order valence-corrected chi connectivity index (χ0v) is 15.2. The Morgan fingerprint density at radius 1 is 0.962 bits per heavy atom. The number of piperazine rings is 1. The van der Waals surface area contributed by atoms with Crippen LogP contribution in [0.25, 0.3) is 0 Å². The normalized spacial score (nSPS) is 26.3. The number of halogens is 3. The third-order valence-electron chi connectivity index (χ3n) is 6.06. The molecule has 3 nitrogen and oxygen atoms in total. The van der Waals surface area contributed by atoms with E-state index in [1.165, 1.54) is 57.5 Å². The first kappa shape index (κ1) is 18.1. The zero-order valence-electron chi connectivity index (χ0n) is 15.2. The summed E-state index contributed by atoms with van der Waals surface area (Å²) in [5.41, 5.74) is 0.138. The Bertz CT molecular complexity index is 607. The summed E-state index contributed by atoms with van der Waals surface area (Å²) in [7, 11) is 0. The van der Waals surface area contributed by atoms with Gasteiger partial charge in [0.25, 0.3) is 0 Å². The second-order valence-corrected chi connectivity index (χ2v) is 8.07. The van der Waals surface area contributed by atoms with E-state index in [0.29, 0.717) is 11.7 Å². The number of alkyl halides is 3. The van der Waals surface area contributed by atoms with E-state index in [4.69, 9.17) is 0 Å². The number of likely N-dealkylation sites (tertiary alicyclic amines) is 1. The van der Waals surface area contributed by atoms with Crippen molar-refractivity contribution in [3.05, 3.63) is 29.8 Å². The lowest BCUT2D eigenvalue weighted by molar-refractivity contribution is -0.137. The molecule has 3 aliphatic rings. The Labute approximate surface area is 153 Å². The molecule has 0 unspecified atom stereocenters. The summed E-state index contributed by atoms with van der Waals surface area (Å²) in [4.78, 5) is 7.28. The molecule has 26 heavy (non-hydrogen) atoms. The van der Waals surface area contributed by atoms with Gasteiger partial charge in [-0.3, -0.25) is 4.90 Å². The van der Waals surface area contributed by atoms with Crippen LogP contribution in [0.2, 0.25) is 0 Å². The minimum atomic E-state index is -4.27. The van der Waals surface area contributed by atoms with Crippen LogP contribution in [-0.2, 0) is 6.18 Å². The van der Waals surface area contributed by atoms with Crippen LogP contribution in [0.5, 0.6) is 0 Å². The molecule has 3 fully saturated rings. The molecule has 2 saturated heterocycles. The summed E-state index contributed by atoms with van der Waals surface area (Å²) in [6.45, 7) is 7.16. The predicted molar refractivity (Wildman–Crippen MR) is 97.4 cm³/mol. The topological polar surface area (TPSA) is 9.72 Å². The van der Waals surface area contributed by atoms with E-state index in [2.05, 4.69) is 14.7 Å². The van der Waals surface area contributed by atoms with Crippen LogP contribution >= 0.6 is 0 Å². The van der Waals surface area contributed by atoms with Crippen molar-refractivity contribution in [2.45, 2.75) is 37.9 Å². The molecule has 0 amide bonds. The summed E-state index contributed by atoms with van der Waals surface area (Å²) in [5, 5.41) is 0. The molecule has 0 radical (unpaired) electrons. The standard InChI is InChI=1S/C20H28F3N3/c21-20(22,23)17-3-1-4-18(13-17)25-9-11-26(12-10-25)19-5-2-8-24(15-19)14-16-6-7-16/h1,3-4,13,16,19H,2,5-12,14-15H2/t19-/m0/s1. The Kier molecular flexibility index (Phi) is 5.15. The van der Waals surface area contributed by atoms with Gasteiger partial charge < -0.3 is 9.80 Å². The van der Waals surface area contributed by atoms with Gasteiger partial charge in [-0.25, -0.2) is 0 Å². The van der Waals surface area contributed by atoms with Crippen LogP contribution in [0.3, 0.4) is 0 Å². The van der Waals surface area contributed by atoms with Crippen LogP contribution in [0.4, 0.5) is 18.9 Å². The van der Waals surface area contributed by atoms with Gasteiger partial charge in [-0.1, -0.05) is 6.07 Å². The molecular weight excluding hydrogens is 339 g/mol. The second kappa shape index (κ2) is 7.39. The van der Waals surface area contributed by atoms with E-state index in [9.17, 15) is 13.2 Å². The van der Waals surface area contributed by atoms with Gasteiger partial charge in [0.1, 0.15) is 0 Å². The van der Waals surface area contributed by atoms with E-state index in [1.807, 2.05) is 0 Å². The SMILES string of the molecule is FC(F)(F)c1cccc(N2CCN([C@H]3CCCN(CC4CC4)C3)CC2)c1. The summed E-state index contributed by atoms with van der Waals surface area (Å²) in [6, 6.07) is 6.36. The molecule has 1 aliphatic carbocycles. The van der Waals surface area contributed by atoms with Gasteiger partial charge in [-0.05, 0) is 56.3 Å². The maximum Gasteiger partial charge on any atom is 0.416 e. The second-order valence-electron chi connectivity index (χ2n) is 8.07. The van der Waals surface area contributed by atoms with Crippen molar-refractivity contribution >= 4 is 5.69 Å². The fourth-order valence-electron chi connectivity index (χ4n) is 4.38. The van der Waals surface area contributed by atoms with Crippen LogP contribution in [-0.4, -0.2) is 61.7 Å². The van der Waals surface area contributed by atoms with Crippen molar-refractivity contribution in [1.82, 2.24) is 9.80 Å². The molecule has 2 heterocycles. The van der Waals surface area contributed by atoms with Gasteiger partial charge >= 0.3 is 6.18 Å². The van der Waals surface area contributed by atoms with Crippen LogP contribution in [0, 0.1) is 5.92 Å². The molecular formula is C20H28F3N3. The van der Waals surface area contributed by atoms with Crippen molar-refractivity contribution in [2.75, 3.05) is 50.7 Å². The third kappa shape index (κ3) is 4.34. The van der Waals surface area contributed by atoms with E-state index >= 15 is 0 Å².